The highest BCUT2D eigenvalue weighted by Gasteiger charge is 2.11. The van der Waals surface area contributed by atoms with Crippen molar-refractivity contribution in [2.45, 2.75) is 6.92 Å². The molecule has 0 fully saturated rings. The van der Waals surface area contributed by atoms with Crippen molar-refractivity contribution in [1.29, 1.82) is 0 Å². The normalized spacial score (nSPS) is 10.6. The van der Waals surface area contributed by atoms with Crippen molar-refractivity contribution < 1.29 is 0 Å². The molecule has 0 radical (unpaired) electrons. The highest BCUT2D eigenvalue weighted by Crippen LogP contribution is 2.28. The lowest BCUT2D eigenvalue weighted by atomic mass is 10.0. The molecule has 1 heterocycles. The summed E-state index contributed by atoms with van der Waals surface area (Å²) in [6, 6.07) is 16.6. The summed E-state index contributed by atoms with van der Waals surface area (Å²) in [6.45, 7) is 2.08. The summed E-state index contributed by atoms with van der Waals surface area (Å²) in [7, 11) is 0. The second-order valence-corrected chi connectivity index (χ2v) is 5.64. The van der Waals surface area contributed by atoms with Crippen LogP contribution >= 0.6 is 22.6 Å². The van der Waals surface area contributed by atoms with Crippen LogP contribution in [0, 0.1) is 10.5 Å². The Hall–Kier alpha value is -1.69. The highest BCUT2D eigenvalue weighted by molar-refractivity contribution is 14.1. The minimum absolute atomic E-state index is 0.889. The van der Waals surface area contributed by atoms with Crippen LogP contribution in [0.15, 0.2) is 48.5 Å². The Kier molecular flexibility index (Phi) is 3.33. The van der Waals surface area contributed by atoms with Crippen LogP contribution < -0.4 is 0 Å². The summed E-state index contributed by atoms with van der Waals surface area (Å²) in [5, 5.41) is 11.3. The maximum Gasteiger partial charge on any atom is 0.120 e. The number of aromatic amines is 1. The van der Waals surface area contributed by atoms with Crippen molar-refractivity contribution in [3.05, 3.63) is 57.7 Å². The van der Waals surface area contributed by atoms with Gasteiger partial charge in [0, 0.05) is 14.7 Å². The summed E-state index contributed by atoms with van der Waals surface area (Å²) in [4.78, 5) is 0. The Bertz CT molecular complexity index is 624. The van der Waals surface area contributed by atoms with E-state index in [9.17, 15) is 0 Å². The maximum atomic E-state index is 4.28. The van der Waals surface area contributed by atoms with Crippen molar-refractivity contribution in [3.63, 3.8) is 0 Å². The average molecular weight is 361 g/mol. The van der Waals surface area contributed by atoms with Crippen LogP contribution in [0.4, 0.5) is 0 Å². The predicted octanol–water partition coefficient (Wildman–Crippen LogP) is 4.05. The first-order valence-corrected chi connectivity index (χ1v) is 7.05. The lowest BCUT2D eigenvalue weighted by Gasteiger charge is -2.02. The third kappa shape index (κ3) is 2.53. The van der Waals surface area contributed by atoms with Gasteiger partial charge >= 0.3 is 0 Å². The van der Waals surface area contributed by atoms with Gasteiger partial charge < -0.3 is 0 Å². The molecule has 0 unspecified atom stereocenters. The largest absolute Gasteiger partial charge is 0.197 e. The number of benzene rings is 2. The van der Waals surface area contributed by atoms with Crippen molar-refractivity contribution in [2.24, 2.45) is 0 Å². The van der Waals surface area contributed by atoms with E-state index < -0.39 is 0 Å². The molecule has 0 aliphatic rings. The zero-order valence-electron chi connectivity index (χ0n) is 10.4. The second-order valence-electron chi connectivity index (χ2n) is 4.39. The molecule has 3 aromatic rings. The number of H-pyrrole nitrogens is 1. The SMILES string of the molecule is Cc1ccc(-c2n[nH]nc2-c2ccc(I)cc2)cc1. The van der Waals surface area contributed by atoms with Crippen LogP contribution in [0.5, 0.6) is 0 Å². The first kappa shape index (κ1) is 12.3. The van der Waals surface area contributed by atoms with Gasteiger partial charge in [0.2, 0.25) is 0 Å². The average Bonchev–Trinajstić information content (AvgIpc) is 2.90. The van der Waals surface area contributed by atoms with Gasteiger partial charge in [-0.1, -0.05) is 42.0 Å². The molecule has 0 aliphatic carbocycles. The van der Waals surface area contributed by atoms with Gasteiger partial charge in [-0.25, -0.2) is 0 Å². The molecule has 0 saturated heterocycles. The number of nitrogens with zero attached hydrogens (tertiary/aromatic N) is 2. The zero-order chi connectivity index (χ0) is 13.2. The van der Waals surface area contributed by atoms with E-state index in [4.69, 9.17) is 0 Å². The Labute approximate surface area is 125 Å². The molecule has 0 atom stereocenters. The fraction of sp³-hybridized carbons (Fsp3) is 0.0667. The Morgan fingerprint density at radius 3 is 1.79 bits per heavy atom. The van der Waals surface area contributed by atoms with Gasteiger partial charge in [0.1, 0.15) is 11.4 Å². The third-order valence-electron chi connectivity index (χ3n) is 2.99. The molecule has 19 heavy (non-hydrogen) atoms. The summed E-state index contributed by atoms with van der Waals surface area (Å²) >= 11 is 2.29. The molecule has 0 bridgehead atoms. The maximum absolute atomic E-state index is 4.28. The minimum Gasteiger partial charge on any atom is -0.197 e. The Morgan fingerprint density at radius 1 is 0.789 bits per heavy atom. The highest BCUT2D eigenvalue weighted by atomic mass is 127. The third-order valence-corrected chi connectivity index (χ3v) is 3.71. The number of halogens is 1. The van der Waals surface area contributed by atoms with Crippen LogP contribution in [-0.4, -0.2) is 15.4 Å². The quantitative estimate of drug-likeness (QED) is 0.700. The van der Waals surface area contributed by atoms with Crippen LogP contribution in [0.2, 0.25) is 0 Å². The predicted molar refractivity (Wildman–Crippen MR) is 84.7 cm³/mol. The Balaban J connectivity index is 2.07. The molecule has 4 heteroatoms. The van der Waals surface area contributed by atoms with Crippen molar-refractivity contribution >= 4 is 22.6 Å². The monoisotopic (exact) mass is 361 g/mol. The van der Waals surface area contributed by atoms with Gasteiger partial charge in [0.05, 0.1) is 0 Å². The molecular weight excluding hydrogens is 349 g/mol. The van der Waals surface area contributed by atoms with Gasteiger partial charge in [0.15, 0.2) is 0 Å². The number of aryl methyl sites for hydroxylation is 1. The van der Waals surface area contributed by atoms with E-state index in [1.165, 1.54) is 9.13 Å². The number of hydrogen-bond donors (Lipinski definition) is 1. The summed E-state index contributed by atoms with van der Waals surface area (Å²) in [5.41, 5.74) is 5.17. The molecule has 0 amide bonds. The molecule has 94 valence electrons. The van der Waals surface area contributed by atoms with E-state index in [0.717, 1.165) is 22.5 Å². The molecule has 1 aromatic heterocycles. The topological polar surface area (TPSA) is 41.6 Å². The van der Waals surface area contributed by atoms with Crippen LogP contribution in [-0.2, 0) is 0 Å². The van der Waals surface area contributed by atoms with E-state index in [0.29, 0.717) is 0 Å². The molecule has 0 saturated carbocycles. The summed E-state index contributed by atoms with van der Waals surface area (Å²) < 4.78 is 1.21. The lowest BCUT2D eigenvalue weighted by Crippen LogP contribution is -1.84. The Morgan fingerprint density at radius 2 is 1.26 bits per heavy atom. The number of aromatic nitrogens is 3. The van der Waals surface area contributed by atoms with Gasteiger partial charge in [0.25, 0.3) is 0 Å². The first-order chi connectivity index (χ1) is 9.24. The van der Waals surface area contributed by atoms with Gasteiger partial charge in [-0.3, -0.25) is 0 Å². The fourth-order valence-corrected chi connectivity index (χ4v) is 2.31. The molecule has 2 aromatic carbocycles. The van der Waals surface area contributed by atoms with Gasteiger partial charge in [-0.2, -0.15) is 15.4 Å². The minimum atomic E-state index is 0.889. The lowest BCUT2D eigenvalue weighted by molar-refractivity contribution is 0.944. The molecule has 0 aliphatic heterocycles. The first-order valence-electron chi connectivity index (χ1n) is 5.98. The van der Waals surface area contributed by atoms with Crippen LogP contribution in [0.25, 0.3) is 22.5 Å². The van der Waals surface area contributed by atoms with Crippen LogP contribution in [0.1, 0.15) is 5.56 Å². The molecule has 0 spiro atoms. The second kappa shape index (κ2) is 5.13. The number of rotatable bonds is 2. The van der Waals surface area contributed by atoms with E-state index in [1.54, 1.807) is 0 Å². The van der Waals surface area contributed by atoms with Crippen LogP contribution in [0.3, 0.4) is 0 Å². The van der Waals surface area contributed by atoms with Gasteiger partial charge in [-0.15, -0.1) is 0 Å². The summed E-state index contributed by atoms with van der Waals surface area (Å²) in [5.74, 6) is 0. The van der Waals surface area contributed by atoms with Crippen molar-refractivity contribution in [3.8, 4) is 22.5 Å². The standard InChI is InChI=1S/C15H12IN3/c1-10-2-4-11(5-3-10)14-15(18-19-17-14)12-6-8-13(16)9-7-12/h2-9H,1H3,(H,17,18,19). The molecule has 1 N–H and O–H groups in total. The van der Waals surface area contributed by atoms with Crippen molar-refractivity contribution in [1.82, 2.24) is 15.4 Å². The fourth-order valence-electron chi connectivity index (χ4n) is 1.95. The molecule has 3 nitrogen and oxygen atoms in total. The summed E-state index contributed by atoms with van der Waals surface area (Å²) in [6.07, 6.45) is 0. The van der Waals surface area contributed by atoms with E-state index in [2.05, 4.69) is 93.5 Å². The van der Waals surface area contributed by atoms with E-state index in [-0.39, 0.29) is 0 Å². The zero-order valence-corrected chi connectivity index (χ0v) is 12.5. The molecular formula is C15H12IN3. The number of nitrogens with one attached hydrogen (secondary N) is 1. The smallest absolute Gasteiger partial charge is 0.120 e. The van der Waals surface area contributed by atoms with Gasteiger partial charge in [-0.05, 0) is 41.6 Å². The molecule has 3 rings (SSSR count). The van der Waals surface area contributed by atoms with E-state index >= 15 is 0 Å². The number of hydrogen-bond acceptors (Lipinski definition) is 2. The van der Waals surface area contributed by atoms with E-state index in [1.807, 2.05) is 0 Å². The van der Waals surface area contributed by atoms with Crippen molar-refractivity contribution in [2.75, 3.05) is 0 Å².